The van der Waals surface area contributed by atoms with Crippen molar-refractivity contribution in [2.45, 2.75) is 24.2 Å². The number of sulfone groups is 1. The molecule has 1 aliphatic heterocycles. The lowest BCUT2D eigenvalue weighted by Crippen LogP contribution is -2.41. The normalized spacial score (nSPS) is 18.6. The van der Waals surface area contributed by atoms with Crippen molar-refractivity contribution in [1.82, 2.24) is 14.9 Å². The molecular formula is C17H18ClN3O3S2. The lowest BCUT2D eigenvalue weighted by atomic mass is 10.1. The monoisotopic (exact) mass is 411 g/mol. The molecule has 1 aliphatic rings. The largest absolute Gasteiger partial charge is 0.329 e. The van der Waals surface area contributed by atoms with Crippen molar-refractivity contribution in [3.8, 4) is 0 Å². The number of carbonyl (C=O) groups is 1. The van der Waals surface area contributed by atoms with Crippen molar-refractivity contribution in [3.63, 3.8) is 0 Å². The zero-order valence-corrected chi connectivity index (χ0v) is 16.5. The summed E-state index contributed by atoms with van der Waals surface area (Å²) in [4.78, 5) is 23.0. The van der Waals surface area contributed by atoms with E-state index < -0.39 is 15.9 Å². The number of carbonyl (C=O) groups excluding carboxylic acids is 1. The first-order valence-electron chi connectivity index (χ1n) is 8.01. The second-order valence-electron chi connectivity index (χ2n) is 6.03. The van der Waals surface area contributed by atoms with Gasteiger partial charge in [-0.2, -0.15) is 0 Å². The molecule has 1 aromatic heterocycles. The maximum atomic E-state index is 13.2. The summed E-state index contributed by atoms with van der Waals surface area (Å²) >= 11 is 7.47. The molecule has 2 heterocycles. The molecule has 0 saturated carbocycles. The van der Waals surface area contributed by atoms with Gasteiger partial charge in [0.05, 0.1) is 22.7 Å². The van der Waals surface area contributed by atoms with Gasteiger partial charge in [-0.05, 0) is 18.2 Å². The first-order valence-corrected chi connectivity index (χ1v) is 11.4. The Hall–Kier alpha value is -1.64. The van der Waals surface area contributed by atoms with Crippen molar-refractivity contribution in [3.05, 3.63) is 52.8 Å². The van der Waals surface area contributed by atoms with Crippen LogP contribution in [-0.2, 0) is 16.4 Å². The average Bonchev–Trinajstić information content (AvgIpc) is 3.00. The third-order valence-electron chi connectivity index (χ3n) is 4.21. The SMILES string of the molecule is CSc1ncc(Cl)c(C(=O)N(Cc2ccccc2)C2CCS(=O)(=O)C2)n1. The second kappa shape index (κ2) is 7.94. The van der Waals surface area contributed by atoms with Crippen LogP contribution in [0.25, 0.3) is 0 Å². The van der Waals surface area contributed by atoms with E-state index in [1.165, 1.54) is 18.0 Å². The predicted molar refractivity (Wildman–Crippen MR) is 102 cm³/mol. The van der Waals surface area contributed by atoms with Gasteiger partial charge in [0.1, 0.15) is 0 Å². The molecule has 138 valence electrons. The first-order chi connectivity index (χ1) is 12.4. The molecule has 0 spiro atoms. The van der Waals surface area contributed by atoms with Crippen LogP contribution >= 0.6 is 23.4 Å². The molecule has 0 N–H and O–H groups in total. The fraction of sp³-hybridized carbons (Fsp3) is 0.353. The van der Waals surface area contributed by atoms with Crippen LogP contribution in [0.3, 0.4) is 0 Å². The summed E-state index contributed by atoms with van der Waals surface area (Å²) in [5.74, 6) is -0.327. The molecule has 0 radical (unpaired) electrons. The molecule has 3 rings (SSSR count). The van der Waals surface area contributed by atoms with E-state index in [4.69, 9.17) is 11.6 Å². The molecule has 1 amide bonds. The highest BCUT2D eigenvalue weighted by Gasteiger charge is 2.36. The molecular weight excluding hydrogens is 394 g/mol. The molecule has 0 aliphatic carbocycles. The smallest absolute Gasteiger partial charge is 0.274 e. The number of hydrogen-bond donors (Lipinski definition) is 0. The van der Waals surface area contributed by atoms with E-state index in [1.54, 1.807) is 4.90 Å². The topological polar surface area (TPSA) is 80.2 Å². The Morgan fingerprint density at radius 2 is 2.08 bits per heavy atom. The van der Waals surface area contributed by atoms with Gasteiger partial charge < -0.3 is 4.90 Å². The fourth-order valence-corrected chi connectivity index (χ4v) is 5.15. The quantitative estimate of drug-likeness (QED) is 0.555. The summed E-state index contributed by atoms with van der Waals surface area (Å²) in [6, 6.07) is 9.06. The number of halogens is 1. The van der Waals surface area contributed by atoms with Crippen LogP contribution < -0.4 is 0 Å². The van der Waals surface area contributed by atoms with Gasteiger partial charge >= 0.3 is 0 Å². The summed E-state index contributed by atoms with van der Waals surface area (Å²) in [6.07, 6.45) is 3.63. The summed E-state index contributed by atoms with van der Waals surface area (Å²) in [5, 5.41) is 0.600. The number of benzene rings is 1. The van der Waals surface area contributed by atoms with Crippen molar-refractivity contribution in [2.75, 3.05) is 17.8 Å². The molecule has 1 fully saturated rings. The van der Waals surface area contributed by atoms with E-state index in [0.717, 1.165) is 5.56 Å². The fourth-order valence-electron chi connectivity index (χ4n) is 2.90. The summed E-state index contributed by atoms with van der Waals surface area (Å²) < 4.78 is 23.9. The predicted octanol–water partition coefficient (Wildman–Crippen LogP) is 2.68. The van der Waals surface area contributed by atoms with Gasteiger partial charge in [0.2, 0.25) is 0 Å². The van der Waals surface area contributed by atoms with E-state index in [2.05, 4.69) is 9.97 Å². The minimum absolute atomic E-state index is 0.0380. The van der Waals surface area contributed by atoms with E-state index in [1.807, 2.05) is 36.6 Å². The Labute approximate surface area is 161 Å². The zero-order chi connectivity index (χ0) is 18.7. The first kappa shape index (κ1) is 19.1. The van der Waals surface area contributed by atoms with E-state index in [-0.39, 0.29) is 28.1 Å². The minimum Gasteiger partial charge on any atom is -0.329 e. The van der Waals surface area contributed by atoms with E-state index >= 15 is 0 Å². The summed E-state index contributed by atoms with van der Waals surface area (Å²) in [6.45, 7) is 0.300. The number of rotatable bonds is 5. The number of thioether (sulfide) groups is 1. The van der Waals surface area contributed by atoms with Crippen molar-refractivity contribution < 1.29 is 13.2 Å². The lowest BCUT2D eigenvalue weighted by Gasteiger charge is -2.28. The lowest BCUT2D eigenvalue weighted by molar-refractivity contribution is 0.0674. The molecule has 6 nitrogen and oxygen atoms in total. The van der Waals surface area contributed by atoms with Crippen molar-refractivity contribution in [1.29, 1.82) is 0 Å². The number of nitrogens with zero attached hydrogens (tertiary/aromatic N) is 3. The molecule has 26 heavy (non-hydrogen) atoms. The van der Waals surface area contributed by atoms with Gasteiger partial charge in [-0.1, -0.05) is 53.7 Å². The van der Waals surface area contributed by atoms with Gasteiger partial charge in [0.15, 0.2) is 20.7 Å². The molecule has 2 aromatic rings. The molecule has 0 bridgehead atoms. The third-order valence-corrected chi connectivity index (χ3v) is 6.80. The van der Waals surface area contributed by atoms with Crippen molar-refractivity contribution in [2.24, 2.45) is 0 Å². The standard InChI is InChI=1S/C17H18ClN3O3S2/c1-25-17-19-9-14(18)15(20-17)16(22)21(10-12-5-3-2-4-6-12)13-7-8-26(23,24)11-13/h2-6,9,13H,7-8,10-11H2,1H3. The Morgan fingerprint density at radius 3 is 2.69 bits per heavy atom. The van der Waals surface area contributed by atoms with E-state index in [0.29, 0.717) is 18.1 Å². The van der Waals surface area contributed by atoms with Crippen LogP contribution in [0, 0.1) is 0 Å². The number of aromatic nitrogens is 2. The minimum atomic E-state index is -3.14. The highest BCUT2D eigenvalue weighted by Crippen LogP contribution is 2.25. The van der Waals surface area contributed by atoms with Crippen LogP contribution in [0.1, 0.15) is 22.5 Å². The van der Waals surface area contributed by atoms with Gasteiger partial charge in [-0.3, -0.25) is 4.79 Å². The van der Waals surface area contributed by atoms with Crippen LogP contribution in [0.15, 0.2) is 41.7 Å². The Balaban J connectivity index is 1.96. The maximum Gasteiger partial charge on any atom is 0.274 e. The third kappa shape index (κ3) is 4.36. The summed E-state index contributed by atoms with van der Waals surface area (Å²) in [7, 11) is -3.14. The number of hydrogen-bond acceptors (Lipinski definition) is 6. The molecule has 1 aromatic carbocycles. The van der Waals surface area contributed by atoms with Crippen LogP contribution in [0.4, 0.5) is 0 Å². The number of amides is 1. The van der Waals surface area contributed by atoms with Crippen LogP contribution in [-0.4, -0.2) is 53.0 Å². The van der Waals surface area contributed by atoms with Gasteiger partial charge in [-0.15, -0.1) is 0 Å². The van der Waals surface area contributed by atoms with Crippen LogP contribution in [0.5, 0.6) is 0 Å². The maximum absolute atomic E-state index is 13.2. The zero-order valence-electron chi connectivity index (χ0n) is 14.1. The Kier molecular flexibility index (Phi) is 5.84. The van der Waals surface area contributed by atoms with Gasteiger partial charge in [-0.25, -0.2) is 18.4 Å². The van der Waals surface area contributed by atoms with E-state index in [9.17, 15) is 13.2 Å². The Morgan fingerprint density at radius 1 is 1.35 bits per heavy atom. The highest BCUT2D eigenvalue weighted by atomic mass is 35.5. The highest BCUT2D eigenvalue weighted by molar-refractivity contribution is 7.98. The average molecular weight is 412 g/mol. The van der Waals surface area contributed by atoms with Gasteiger partial charge in [0.25, 0.3) is 5.91 Å². The molecule has 1 unspecified atom stereocenters. The molecule has 1 atom stereocenters. The molecule has 9 heteroatoms. The van der Waals surface area contributed by atoms with Crippen LogP contribution in [0.2, 0.25) is 5.02 Å². The van der Waals surface area contributed by atoms with Gasteiger partial charge in [0, 0.05) is 12.6 Å². The second-order valence-corrected chi connectivity index (χ2v) is 9.44. The molecule has 1 saturated heterocycles. The Bertz CT molecular complexity index is 907. The van der Waals surface area contributed by atoms with Crippen molar-refractivity contribution >= 4 is 39.1 Å². The summed E-state index contributed by atoms with van der Waals surface area (Å²) in [5.41, 5.74) is 1.02.